The Bertz CT molecular complexity index is 471. The molecule has 0 fully saturated rings. The summed E-state index contributed by atoms with van der Waals surface area (Å²) in [7, 11) is 1.16. The number of rotatable bonds is 4. The molecule has 0 aliphatic rings. The first-order valence-electron chi connectivity index (χ1n) is 5.41. The van der Waals surface area contributed by atoms with E-state index in [1.165, 1.54) is 12.4 Å². The van der Waals surface area contributed by atoms with Crippen LogP contribution >= 0.6 is 0 Å². The molecule has 1 aromatic carbocycles. The molecule has 0 unspecified atom stereocenters. The van der Waals surface area contributed by atoms with Crippen molar-refractivity contribution in [3.05, 3.63) is 42.0 Å². The van der Waals surface area contributed by atoms with Gasteiger partial charge >= 0.3 is 6.09 Å². The van der Waals surface area contributed by atoms with Gasteiger partial charge in [-0.15, -0.1) is 0 Å². The van der Waals surface area contributed by atoms with Crippen LogP contribution in [-0.2, 0) is 14.3 Å². The van der Waals surface area contributed by atoms with E-state index in [1.54, 1.807) is 6.08 Å². The van der Waals surface area contributed by atoms with E-state index < -0.39 is 12.0 Å². The van der Waals surface area contributed by atoms with Gasteiger partial charge in [0.1, 0.15) is 6.54 Å². The Labute approximate surface area is 110 Å². The first-order chi connectivity index (χ1) is 9.17. The second-order valence-electron chi connectivity index (χ2n) is 3.42. The molecular weight excluding hydrogens is 248 g/mol. The molecule has 0 aromatic heterocycles. The van der Waals surface area contributed by atoms with Gasteiger partial charge in [-0.3, -0.25) is 9.59 Å². The molecule has 1 rings (SSSR count). The minimum Gasteiger partial charge on any atom is -0.452 e. The lowest BCUT2D eigenvalue weighted by Crippen LogP contribution is -2.46. The van der Waals surface area contributed by atoms with Crippen molar-refractivity contribution in [3.63, 3.8) is 0 Å². The summed E-state index contributed by atoms with van der Waals surface area (Å²) in [6.07, 6.45) is 3.50. The zero-order valence-electron chi connectivity index (χ0n) is 10.3. The Hall–Kier alpha value is -2.63. The molecule has 1 aromatic rings. The number of carbonyl (C=O) groups excluding carboxylic acids is 3. The van der Waals surface area contributed by atoms with Gasteiger partial charge in [-0.05, 0) is 11.6 Å². The topological polar surface area (TPSA) is 75.7 Å². The number of hydrogen-bond acceptors (Lipinski definition) is 4. The van der Waals surface area contributed by atoms with Gasteiger partial charge in [-0.1, -0.05) is 30.3 Å². The molecule has 1 radical (unpaired) electrons. The third kappa shape index (κ3) is 5.03. The number of hydrazine groups is 1. The maximum atomic E-state index is 11.7. The van der Waals surface area contributed by atoms with Gasteiger partial charge in [0, 0.05) is 6.08 Å². The van der Waals surface area contributed by atoms with Crippen molar-refractivity contribution in [1.29, 1.82) is 0 Å². The van der Waals surface area contributed by atoms with Gasteiger partial charge in [0.25, 0.3) is 5.91 Å². The van der Waals surface area contributed by atoms with Gasteiger partial charge in [0.2, 0.25) is 6.29 Å². The molecule has 0 atom stereocenters. The van der Waals surface area contributed by atoms with Crippen LogP contribution in [0.3, 0.4) is 0 Å². The lowest BCUT2D eigenvalue weighted by molar-refractivity contribution is -0.127. The number of nitrogens with zero attached hydrogens (tertiary/aromatic N) is 1. The van der Waals surface area contributed by atoms with Gasteiger partial charge in [-0.25, -0.2) is 15.2 Å². The smallest absolute Gasteiger partial charge is 0.425 e. The molecule has 1 N–H and O–H groups in total. The zero-order valence-corrected chi connectivity index (χ0v) is 10.3. The molecule has 0 bridgehead atoms. The summed E-state index contributed by atoms with van der Waals surface area (Å²) in [6, 6.07) is 9.13. The standard InChI is InChI=1S/C13H13N2O4/c1-19-13(18)14-15(9-10-16)12(17)8-7-11-5-3-2-4-6-11/h2-8H,9H2,1H3,(H,14,18)/b8-7+. The molecule has 0 heterocycles. The highest BCUT2D eigenvalue weighted by atomic mass is 16.5. The van der Waals surface area contributed by atoms with Crippen molar-refractivity contribution in [2.24, 2.45) is 0 Å². The van der Waals surface area contributed by atoms with E-state index in [0.717, 1.165) is 17.7 Å². The Morgan fingerprint density at radius 1 is 1.37 bits per heavy atom. The summed E-state index contributed by atoms with van der Waals surface area (Å²) in [5.41, 5.74) is 2.94. The van der Waals surface area contributed by atoms with Crippen LogP contribution in [0.25, 0.3) is 6.08 Å². The maximum absolute atomic E-state index is 11.7. The molecule has 19 heavy (non-hydrogen) atoms. The van der Waals surface area contributed by atoms with Crippen molar-refractivity contribution >= 4 is 24.4 Å². The van der Waals surface area contributed by atoms with Crippen LogP contribution in [0, 0.1) is 0 Å². The fourth-order valence-corrected chi connectivity index (χ4v) is 1.21. The minimum atomic E-state index is -0.836. The lowest BCUT2D eigenvalue weighted by Gasteiger charge is -2.17. The number of hydrogen-bond donors (Lipinski definition) is 1. The van der Waals surface area contributed by atoms with Gasteiger partial charge < -0.3 is 4.74 Å². The van der Waals surface area contributed by atoms with Crippen molar-refractivity contribution in [3.8, 4) is 0 Å². The van der Waals surface area contributed by atoms with Crippen molar-refractivity contribution in [2.45, 2.75) is 0 Å². The Kier molecular flexibility index (Phi) is 5.81. The summed E-state index contributed by atoms with van der Waals surface area (Å²) in [6.45, 7) is -0.382. The van der Waals surface area contributed by atoms with E-state index in [-0.39, 0.29) is 6.54 Å². The Balaban J connectivity index is 2.69. The number of benzene rings is 1. The van der Waals surface area contributed by atoms with E-state index in [1.807, 2.05) is 30.3 Å². The zero-order chi connectivity index (χ0) is 14.1. The van der Waals surface area contributed by atoms with Crippen LogP contribution in [0.5, 0.6) is 0 Å². The number of ether oxygens (including phenoxy) is 1. The summed E-state index contributed by atoms with van der Waals surface area (Å²) < 4.78 is 4.34. The molecule has 0 aliphatic heterocycles. The van der Waals surface area contributed by atoms with Crippen molar-refractivity contribution in [1.82, 2.24) is 10.4 Å². The predicted molar refractivity (Wildman–Crippen MR) is 68.4 cm³/mol. The van der Waals surface area contributed by atoms with E-state index in [9.17, 15) is 14.4 Å². The number of carbonyl (C=O) groups is 2. The molecule has 6 heteroatoms. The summed E-state index contributed by atoms with van der Waals surface area (Å²) in [4.78, 5) is 33.1. The second kappa shape index (κ2) is 7.65. The molecule has 0 aliphatic carbocycles. The van der Waals surface area contributed by atoms with E-state index in [2.05, 4.69) is 10.2 Å². The molecule has 2 amide bonds. The largest absolute Gasteiger partial charge is 0.452 e. The molecule has 0 spiro atoms. The monoisotopic (exact) mass is 261 g/mol. The normalized spacial score (nSPS) is 9.95. The van der Waals surface area contributed by atoms with E-state index >= 15 is 0 Å². The Morgan fingerprint density at radius 3 is 2.63 bits per heavy atom. The molecule has 99 valence electrons. The molecule has 0 saturated heterocycles. The van der Waals surface area contributed by atoms with Gasteiger partial charge in [-0.2, -0.15) is 0 Å². The second-order valence-corrected chi connectivity index (χ2v) is 3.42. The fourth-order valence-electron chi connectivity index (χ4n) is 1.21. The highest BCUT2D eigenvalue weighted by Crippen LogP contribution is 2.01. The number of amides is 2. The van der Waals surface area contributed by atoms with Crippen molar-refractivity contribution in [2.75, 3.05) is 13.7 Å². The highest BCUT2D eigenvalue weighted by Gasteiger charge is 2.13. The minimum absolute atomic E-state index is 0.382. The number of methoxy groups -OCH3 is 1. The van der Waals surface area contributed by atoms with Gasteiger partial charge in [0.05, 0.1) is 7.11 Å². The van der Waals surface area contributed by atoms with Crippen LogP contribution < -0.4 is 5.43 Å². The third-order valence-electron chi connectivity index (χ3n) is 2.12. The van der Waals surface area contributed by atoms with Crippen LogP contribution in [0.1, 0.15) is 5.56 Å². The SMILES string of the molecule is COC(=O)NN(C[C]=O)C(=O)/C=C/c1ccccc1. The van der Waals surface area contributed by atoms with Crippen molar-refractivity contribution < 1.29 is 19.1 Å². The van der Waals surface area contributed by atoms with E-state index in [0.29, 0.717) is 0 Å². The molecule has 6 nitrogen and oxygen atoms in total. The van der Waals surface area contributed by atoms with Crippen LogP contribution in [0.2, 0.25) is 0 Å². The van der Waals surface area contributed by atoms with Crippen LogP contribution in [0.15, 0.2) is 36.4 Å². The highest BCUT2D eigenvalue weighted by molar-refractivity contribution is 5.93. The summed E-state index contributed by atoms with van der Waals surface area (Å²) in [5, 5.41) is 0.804. The first-order valence-corrected chi connectivity index (χ1v) is 5.41. The van der Waals surface area contributed by atoms with Gasteiger partial charge in [0.15, 0.2) is 0 Å². The quantitative estimate of drug-likeness (QED) is 0.645. The average molecular weight is 261 g/mol. The first kappa shape index (κ1) is 14.4. The molecular formula is C13H13N2O4. The molecule has 0 saturated carbocycles. The fraction of sp³-hybridized carbons (Fsp3) is 0.154. The summed E-state index contributed by atoms with van der Waals surface area (Å²) >= 11 is 0. The number of nitrogens with one attached hydrogen (secondary N) is 1. The lowest BCUT2D eigenvalue weighted by atomic mass is 10.2. The van der Waals surface area contributed by atoms with Crippen LogP contribution in [0.4, 0.5) is 4.79 Å². The summed E-state index contributed by atoms with van der Waals surface area (Å²) in [5.74, 6) is -0.558. The average Bonchev–Trinajstić information content (AvgIpc) is 2.45. The van der Waals surface area contributed by atoms with E-state index in [4.69, 9.17) is 0 Å². The van der Waals surface area contributed by atoms with Crippen LogP contribution in [-0.4, -0.2) is 37.0 Å². The Morgan fingerprint density at radius 2 is 2.05 bits per heavy atom. The predicted octanol–water partition coefficient (Wildman–Crippen LogP) is 0.909. The third-order valence-corrected chi connectivity index (χ3v) is 2.12. The maximum Gasteiger partial charge on any atom is 0.425 e.